The third-order valence-electron chi connectivity index (χ3n) is 2.35. The lowest BCUT2D eigenvalue weighted by Crippen LogP contribution is -2.09. The topological polar surface area (TPSA) is 55.4 Å². The number of Topliss-reactive ketones (excluding diaryl/α,β-unsaturated/α-hetero) is 1. The second kappa shape index (κ2) is 5.22. The van der Waals surface area contributed by atoms with Gasteiger partial charge in [0.05, 0.1) is 5.03 Å². The van der Waals surface area contributed by atoms with Crippen LogP contribution in [0.4, 0.5) is 10.1 Å². The number of hydrogen-bond donors (Lipinski definition) is 1. The van der Waals surface area contributed by atoms with Gasteiger partial charge in [0.25, 0.3) is 0 Å². The number of nitrogens with one attached hydrogen (secondary N) is 1. The van der Waals surface area contributed by atoms with E-state index in [-0.39, 0.29) is 23.8 Å². The number of thioether (sulfide) groups is 1. The molecule has 2 rings (SSSR count). The number of carbonyl (C=O) groups excluding carboxylic acids is 2. The molecule has 1 heterocycles. The molecular weight excluding hydrogens is 257 g/mol. The van der Waals surface area contributed by atoms with Crippen molar-refractivity contribution < 1.29 is 18.7 Å². The second-order valence-corrected chi connectivity index (χ2v) is 4.36. The van der Waals surface area contributed by atoms with Crippen LogP contribution in [0, 0.1) is 5.82 Å². The van der Waals surface area contributed by atoms with E-state index in [2.05, 4.69) is 10.1 Å². The molecule has 1 saturated heterocycles. The number of anilines is 1. The maximum atomic E-state index is 12.8. The molecule has 0 saturated carbocycles. The van der Waals surface area contributed by atoms with Crippen LogP contribution in [0.3, 0.4) is 0 Å². The minimum Gasteiger partial charge on any atom is -0.454 e. The molecular formula is C12H10FNO3S. The van der Waals surface area contributed by atoms with E-state index in [1.54, 1.807) is 6.26 Å². The highest BCUT2D eigenvalue weighted by atomic mass is 32.2. The molecule has 1 aliphatic heterocycles. The Morgan fingerprint density at radius 1 is 1.33 bits per heavy atom. The van der Waals surface area contributed by atoms with Crippen molar-refractivity contribution in [3.05, 3.63) is 40.7 Å². The Balaban J connectivity index is 2.29. The number of ether oxygens (including phenoxy) is 1. The van der Waals surface area contributed by atoms with Gasteiger partial charge in [0, 0.05) is 5.69 Å². The molecule has 1 aromatic carbocycles. The van der Waals surface area contributed by atoms with Gasteiger partial charge in [-0.15, -0.1) is 11.8 Å². The summed E-state index contributed by atoms with van der Waals surface area (Å²) in [4.78, 5) is 22.9. The van der Waals surface area contributed by atoms with Crippen molar-refractivity contribution >= 4 is 29.2 Å². The van der Waals surface area contributed by atoms with Crippen LogP contribution in [0.2, 0.25) is 0 Å². The summed E-state index contributed by atoms with van der Waals surface area (Å²) in [5.41, 5.74) is 0.618. The zero-order valence-corrected chi connectivity index (χ0v) is 10.3. The van der Waals surface area contributed by atoms with Crippen molar-refractivity contribution in [3.8, 4) is 0 Å². The third-order valence-corrected chi connectivity index (χ3v) is 3.07. The third kappa shape index (κ3) is 2.53. The second-order valence-electron chi connectivity index (χ2n) is 3.54. The van der Waals surface area contributed by atoms with E-state index < -0.39 is 5.97 Å². The van der Waals surface area contributed by atoms with Crippen LogP contribution in [0.5, 0.6) is 0 Å². The van der Waals surface area contributed by atoms with Gasteiger partial charge in [0.15, 0.2) is 6.61 Å². The average Bonchev–Trinajstić information content (AvgIpc) is 2.69. The van der Waals surface area contributed by atoms with Gasteiger partial charge in [-0.3, -0.25) is 4.79 Å². The summed E-state index contributed by atoms with van der Waals surface area (Å²) < 4.78 is 17.4. The zero-order chi connectivity index (χ0) is 13.1. The molecule has 1 aliphatic rings. The molecule has 0 amide bonds. The van der Waals surface area contributed by atoms with Crippen molar-refractivity contribution in [2.45, 2.75) is 0 Å². The summed E-state index contributed by atoms with van der Waals surface area (Å²) in [5, 5.41) is 3.32. The van der Waals surface area contributed by atoms with Crippen LogP contribution < -0.4 is 5.32 Å². The van der Waals surface area contributed by atoms with Crippen LogP contribution in [-0.2, 0) is 14.3 Å². The van der Waals surface area contributed by atoms with Gasteiger partial charge < -0.3 is 10.1 Å². The summed E-state index contributed by atoms with van der Waals surface area (Å²) in [7, 11) is 0. The molecule has 1 aromatic rings. The molecule has 0 aromatic heterocycles. The van der Waals surface area contributed by atoms with Crippen molar-refractivity contribution in [1.82, 2.24) is 0 Å². The molecule has 18 heavy (non-hydrogen) atoms. The highest BCUT2D eigenvalue weighted by Crippen LogP contribution is 2.24. The molecule has 1 fully saturated rings. The van der Waals surface area contributed by atoms with E-state index >= 15 is 0 Å². The lowest BCUT2D eigenvalue weighted by atomic mass is 10.2. The smallest absolute Gasteiger partial charge is 0.345 e. The molecule has 0 atom stereocenters. The number of cyclic esters (lactones) is 1. The van der Waals surface area contributed by atoms with E-state index in [0.29, 0.717) is 10.7 Å². The number of rotatable bonds is 3. The predicted octanol–water partition coefficient (Wildman–Crippen LogP) is 1.94. The summed E-state index contributed by atoms with van der Waals surface area (Å²) >= 11 is 1.23. The fraction of sp³-hybridized carbons (Fsp3) is 0.167. The number of halogens is 1. The molecule has 94 valence electrons. The monoisotopic (exact) mass is 267 g/mol. The zero-order valence-electron chi connectivity index (χ0n) is 9.53. The van der Waals surface area contributed by atoms with Crippen molar-refractivity contribution in [3.63, 3.8) is 0 Å². The Hall–Kier alpha value is -1.82. The standard InChI is InChI=1S/C12H10FNO3S/c1-18-11(10-9(15)6-17-12(10)16)14-8-4-2-7(13)3-5-8/h2-5,14H,6H2,1H3. The molecule has 0 spiro atoms. The van der Waals surface area contributed by atoms with E-state index in [1.165, 1.54) is 36.0 Å². The largest absolute Gasteiger partial charge is 0.454 e. The van der Waals surface area contributed by atoms with Crippen molar-refractivity contribution in [2.24, 2.45) is 0 Å². The van der Waals surface area contributed by atoms with Gasteiger partial charge in [0.1, 0.15) is 11.4 Å². The maximum Gasteiger partial charge on any atom is 0.345 e. The maximum absolute atomic E-state index is 12.8. The first-order valence-electron chi connectivity index (χ1n) is 5.13. The molecule has 0 aliphatic carbocycles. The van der Waals surface area contributed by atoms with Gasteiger partial charge in [-0.2, -0.15) is 0 Å². The molecule has 0 bridgehead atoms. The minimum absolute atomic E-state index is 0.0202. The predicted molar refractivity (Wildman–Crippen MR) is 66.5 cm³/mol. The summed E-state index contributed by atoms with van der Waals surface area (Å²) in [5.74, 6) is -1.33. The fourth-order valence-corrected chi connectivity index (χ4v) is 2.11. The quantitative estimate of drug-likeness (QED) is 0.515. The first kappa shape index (κ1) is 12.6. The van der Waals surface area contributed by atoms with Gasteiger partial charge in [0.2, 0.25) is 5.78 Å². The number of ketones is 1. The first-order chi connectivity index (χ1) is 8.61. The summed E-state index contributed by atoms with van der Waals surface area (Å²) in [6, 6.07) is 5.63. The van der Waals surface area contributed by atoms with Crippen LogP contribution in [-0.4, -0.2) is 24.6 Å². The highest BCUT2D eigenvalue weighted by Gasteiger charge is 2.31. The lowest BCUT2D eigenvalue weighted by Gasteiger charge is -2.09. The fourth-order valence-electron chi connectivity index (χ4n) is 1.49. The number of carbonyl (C=O) groups is 2. The van der Waals surface area contributed by atoms with E-state index in [1.807, 2.05) is 0 Å². The summed E-state index contributed by atoms with van der Waals surface area (Å²) in [6.45, 7) is -0.219. The van der Waals surface area contributed by atoms with Crippen molar-refractivity contribution in [1.29, 1.82) is 0 Å². The number of benzene rings is 1. The van der Waals surface area contributed by atoms with Crippen LogP contribution in [0.1, 0.15) is 0 Å². The Morgan fingerprint density at radius 3 is 2.50 bits per heavy atom. The van der Waals surface area contributed by atoms with Gasteiger partial charge in [-0.05, 0) is 30.5 Å². The normalized spacial score (nSPS) is 17.7. The average molecular weight is 267 g/mol. The van der Waals surface area contributed by atoms with Crippen molar-refractivity contribution in [2.75, 3.05) is 18.2 Å². The lowest BCUT2D eigenvalue weighted by molar-refractivity contribution is -0.135. The molecule has 1 N–H and O–H groups in total. The molecule has 6 heteroatoms. The Labute approximate surface area is 107 Å². The van der Waals surface area contributed by atoms with Crippen LogP contribution >= 0.6 is 11.8 Å². The van der Waals surface area contributed by atoms with Crippen LogP contribution in [0.25, 0.3) is 0 Å². The Morgan fingerprint density at radius 2 is 2.00 bits per heavy atom. The van der Waals surface area contributed by atoms with E-state index in [4.69, 9.17) is 0 Å². The molecule has 0 radical (unpaired) electrons. The number of hydrogen-bond acceptors (Lipinski definition) is 5. The van der Waals surface area contributed by atoms with Gasteiger partial charge in [-0.1, -0.05) is 0 Å². The van der Waals surface area contributed by atoms with Gasteiger partial charge in [-0.25, -0.2) is 9.18 Å². The highest BCUT2D eigenvalue weighted by molar-refractivity contribution is 8.02. The molecule has 4 nitrogen and oxygen atoms in total. The van der Waals surface area contributed by atoms with E-state index in [9.17, 15) is 14.0 Å². The van der Waals surface area contributed by atoms with E-state index in [0.717, 1.165) is 0 Å². The van der Waals surface area contributed by atoms with Gasteiger partial charge >= 0.3 is 5.97 Å². The first-order valence-corrected chi connectivity index (χ1v) is 6.35. The van der Waals surface area contributed by atoms with Crippen LogP contribution in [0.15, 0.2) is 34.9 Å². The summed E-state index contributed by atoms with van der Waals surface area (Å²) in [6.07, 6.45) is 1.73. The molecule has 0 unspecified atom stereocenters. The SMILES string of the molecule is CSC(Nc1ccc(F)cc1)=C1C(=O)COC1=O. The minimum atomic E-state index is -0.626. The number of esters is 1. The Bertz CT molecular complexity index is 507. The Kier molecular flexibility index (Phi) is 3.66.